The number of nitrogens with one attached hydrogen (secondary N) is 1. The van der Waals surface area contributed by atoms with Crippen molar-refractivity contribution in [1.29, 1.82) is 0 Å². The van der Waals surface area contributed by atoms with E-state index in [-0.39, 0.29) is 18.2 Å². The van der Waals surface area contributed by atoms with E-state index in [9.17, 15) is 9.50 Å². The van der Waals surface area contributed by atoms with Crippen LogP contribution < -0.4 is 5.32 Å². The molecule has 0 aliphatic heterocycles. The van der Waals surface area contributed by atoms with E-state index < -0.39 is 0 Å². The molecule has 0 spiro atoms. The van der Waals surface area contributed by atoms with Crippen LogP contribution in [0.1, 0.15) is 35.4 Å². The Kier molecular flexibility index (Phi) is 6.64. The number of hydrogen-bond donors (Lipinski definition) is 2. The summed E-state index contributed by atoms with van der Waals surface area (Å²) in [6, 6.07) is 12.7. The fourth-order valence-corrected chi connectivity index (χ4v) is 3.91. The Morgan fingerprint density at radius 2 is 2.08 bits per heavy atom. The lowest BCUT2D eigenvalue weighted by Crippen LogP contribution is -2.29. The number of fused-ring (bicyclic) bond motifs is 1. The van der Waals surface area contributed by atoms with Crippen LogP contribution in [0.5, 0.6) is 5.75 Å². The Bertz CT molecular complexity index is 676. The zero-order valence-corrected chi connectivity index (χ0v) is 14.8. The van der Waals surface area contributed by atoms with Gasteiger partial charge in [-0.15, -0.1) is 12.4 Å². The number of phenols is 1. The molecule has 0 saturated heterocycles. The third-order valence-corrected chi connectivity index (χ3v) is 4.91. The van der Waals surface area contributed by atoms with Gasteiger partial charge in [0.2, 0.25) is 0 Å². The van der Waals surface area contributed by atoms with Crippen molar-refractivity contribution in [3.05, 3.63) is 65.0 Å². The molecule has 2 unspecified atom stereocenters. The molecule has 0 amide bonds. The summed E-state index contributed by atoms with van der Waals surface area (Å²) in [4.78, 5) is 0. The number of halogens is 2. The molecule has 0 bridgehead atoms. The van der Waals surface area contributed by atoms with Crippen molar-refractivity contribution in [3.63, 3.8) is 0 Å². The number of aromatic hydroxyl groups is 1. The summed E-state index contributed by atoms with van der Waals surface area (Å²) in [6.45, 7) is 0.904. The van der Waals surface area contributed by atoms with Crippen LogP contribution in [-0.4, -0.2) is 18.7 Å². The fourth-order valence-electron chi connectivity index (χ4n) is 3.91. The molecule has 3 rings (SSSR count). The first-order valence-electron chi connectivity index (χ1n) is 8.38. The highest BCUT2D eigenvalue weighted by Gasteiger charge is 2.28. The highest BCUT2D eigenvalue weighted by atomic mass is 35.5. The van der Waals surface area contributed by atoms with Gasteiger partial charge in [-0.05, 0) is 92.1 Å². The predicted molar refractivity (Wildman–Crippen MR) is 98.6 cm³/mol. The standard InChI is InChI=1S/C20H24FNO.ClH/c1-22-13-16(10-14-4-2-6-17(21)11-14)19-7-3-5-15-12-18(23)8-9-20(15)19;/h2,4,6,8-9,11-12,16,19,22-23H,3,5,7,10,13H2,1H3;1H. The summed E-state index contributed by atoms with van der Waals surface area (Å²) < 4.78 is 13.5. The molecule has 0 aromatic heterocycles. The van der Waals surface area contributed by atoms with Crippen molar-refractivity contribution >= 4 is 12.4 Å². The molecule has 2 aromatic carbocycles. The van der Waals surface area contributed by atoms with E-state index in [1.54, 1.807) is 18.2 Å². The minimum absolute atomic E-state index is 0. The van der Waals surface area contributed by atoms with Gasteiger partial charge in [-0.25, -0.2) is 4.39 Å². The largest absolute Gasteiger partial charge is 0.508 e. The van der Waals surface area contributed by atoms with Gasteiger partial charge in [-0.3, -0.25) is 0 Å². The Morgan fingerprint density at radius 3 is 2.83 bits per heavy atom. The maximum atomic E-state index is 13.5. The van der Waals surface area contributed by atoms with Crippen LogP contribution in [0.4, 0.5) is 4.39 Å². The highest BCUT2D eigenvalue weighted by molar-refractivity contribution is 5.85. The van der Waals surface area contributed by atoms with Crippen LogP contribution in [0.3, 0.4) is 0 Å². The summed E-state index contributed by atoms with van der Waals surface area (Å²) in [6.07, 6.45) is 4.19. The van der Waals surface area contributed by atoms with Crippen molar-refractivity contribution < 1.29 is 9.50 Å². The molecule has 2 N–H and O–H groups in total. The lowest BCUT2D eigenvalue weighted by atomic mass is 9.73. The maximum absolute atomic E-state index is 13.5. The van der Waals surface area contributed by atoms with Crippen LogP contribution in [0.25, 0.3) is 0 Å². The monoisotopic (exact) mass is 349 g/mol. The number of benzene rings is 2. The highest BCUT2D eigenvalue weighted by Crippen LogP contribution is 2.39. The van der Waals surface area contributed by atoms with E-state index in [0.29, 0.717) is 17.6 Å². The SMILES string of the molecule is CNCC(Cc1cccc(F)c1)C1CCCc2cc(O)ccc21.Cl. The second kappa shape index (κ2) is 8.50. The number of phenolic OH excluding ortho intramolecular Hbond substituents is 1. The van der Waals surface area contributed by atoms with E-state index >= 15 is 0 Å². The lowest BCUT2D eigenvalue weighted by molar-refractivity contribution is 0.364. The molecule has 1 aliphatic rings. The number of hydrogen-bond acceptors (Lipinski definition) is 2. The van der Waals surface area contributed by atoms with Gasteiger partial charge in [0.25, 0.3) is 0 Å². The van der Waals surface area contributed by atoms with E-state index in [4.69, 9.17) is 0 Å². The summed E-state index contributed by atoms with van der Waals surface area (Å²) in [5.41, 5.74) is 3.67. The first kappa shape index (κ1) is 18.8. The number of aryl methyl sites for hydroxylation is 1. The Hall–Kier alpha value is -1.58. The van der Waals surface area contributed by atoms with Gasteiger partial charge in [0.05, 0.1) is 0 Å². The molecule has 0 heterocycles. The first-order chi connectivity index (χ1) is 11.2. The summed E-state index contributed by atoms with van der Waals surface area (Å²) in [5, 5.41) is 13.0. The van der Waals surface area contributed by atoms with Gasteiger partial charge in [-0.1, -0.05) is 18.2 Å². The van der Waals surface area contributed by atoms with Crippen molar-refractivity contribution in [2.75, 3.05) is 13.6 Å². The average Bonchev–Trinajstić information content (AvgIpc) is 2.53. The van der Waals surface area contributed by atoms with Crippen LogP contribution in [0.15, 0.2) is 42.5 Å². The predicted octanol–water partition coefficient (Wildman–Crippen LogP) is 4.45. The summed E-state index contributed by atoms with van der Waals surface area (Å²) in [5.74, 6) is 1.06. The zero-order valence-electron chi connectivity index (χ0n) is 14.0. The second-order valence-electron chi connectivity index (χ2n) is 6.53. The van der Waals surface area contributed by atoms with Gasteiger partial charge in [-0.2, -0.15) is 0 Å². The van der Waals surface area contributed by atoms with Crippen molar-refractivity contribution in [2.45, 2.75) is 31.6 Å². The zero-order chi connectivity index (χ0) is 16.2. The van der Waals surface area contributed by atoms with Gasteiger partial charge in [0.15, 0.2) is 0 Å². The van der Waals surface area contributed by atoms with E-state index in [1.807, 2.05) is 19.2 Å². The molecular formula is C20H25ClFNO. The molecule has 1 aliphatic carbocycles. The molecule has 0 radical (unpaired) electrons. The van der Waals surface area contributed by atoms with Crippen LogP contribution >= 0.6 is 12.4 Å². The lowest BCUT2D eigenvalue weighted by Gasteiger charge is -2.33. The molecule has 2 aromatic rings. The fraction of sp³-hybridized carbons (Fsp3) is 0.400. The molecule has 4 heteroatoms. The quantitative estimate of drug-likeness (QED) is 0.835. The molecule has 2 atom stereocenters. The van der Waals surface area contributed by atoms with Crippen LogP contribution in [-0.2, 0) is 12.8 Å². The minimum atomic E-state index is -0.167. The third kappa shape index (κ3) is 4.28. The maximum Gasteiger partial charge on any atom is 0.123 e. The van der Waals surface area contributed by atoms with E-state index in [0.717, 1.165) is 37.8 Å². The van der Waals surface area contributed by atoms with Crippen LogP contribution in [0, 0.1) is 11.7 Å². The molecular weight excluding hydrogens is 325 g/mol. The smallest absolute Gasteiger partial charge is 0.123 e. The van der Waals surface area contributed by atoms with Gasteiger partial charge in [0, 0.05) is 0 Å². The normalized spacial score (nSPS) is 17.7. The molecule has 2 nitrogen and oxygen atoms in total. The van der Waals surface area contributed by atoms with Gasteiger partial charge in [0.1, 0.15) is 11.6 Å². The Morgan fingerprint density at radius 1 is 1.25 bits per heavy atom. The second-order valence-corrected chi connectivity index (χ2v) is 6.53. The molecule has 0 saturated carbocycles. The average molecular weight is 350 g/mol. The van der Waals surface area contributed by atoms with Crippen molar-refractivity contribution in [3.8, 4) is 5.75 Å². The van der Waals surface area contributed by atoms with Crippen LogP contribution in [0.2, 0.25) is 0 Å². The molecule has 130 valence electrons. The van der Waals surface area contributed by atoms with Gasteiger partial charge >= 0.3 is 0 Å². The Balaban J connectivity index is 0.00000208. The number of rotatable bonds is 5. The van der Waals surface area contributed by atoms with Crippen molar-refractivity contribution in [2.24, 2.45) is 5.92 Å². The summed E-state index contributed by atoms with van der Waals surface area (Å²) >= 11 is 0. The Labute approximate surface area is 149 Å². The summed E-state index contributed by atoms with van der Waals surface area (Å²) in [7, 11) is 1.97. The van der Waals surface area contributed by atoms with E-state index in [1.165, 1.54) is 17.2 Å². The van der Waals surface area contributed by atoms with Gasteiger partial charge < -0.3 is 10.4 Å². The first-order valence-corrected chi connectivity index (χ1v) is 8.38. The van der Waals surface area contributed by atoms with Crippen molar-refractivity contribution in [1.82, 2.24) is 5.32 Å². The van der Waals surface area contributed by atoms with E-state index in [2.05, 4.69) is 11.4 Å². The third-order valence-electron chi connectivity index (χ3n) is 4.91. The topological polar surface area (TPSA) is 32.3 Å². The molecule has 24 heavy (non-hydrogen) atoms. The minimum Gasteiger partial charge on any atom is -0.508 e. The molecule has 0 fully saturated rings.